The van der Waals surface area contributed by atoms with Gasteiger partial charge in [-0.15, -0.1) is 0 Å². The predicted octanol–water partition coefficient (Wildman–Crippen LogP) is 3.20. The number of hydrogen-bond donors (Lipinski definition) is 1. The first-order valence-electron chi connectivity index (χ1n) is 6.70. The Kier molecular flexibility index (Phi) is 3.48. The fraction of sp³-hybridized carbons (Fsp3) is 0.500. The normalized spacial score (nSPS) is 24.0. The minimum Gasteiger partial charge on any atom is -0.370 e. The Hall–Kier alpha value is -1.10. The second kappa shape index (κ2) is 5.12. The Labute approximate surface area is 120 Å². The first-order chi connectivity index (χ1) is 9.16. The Morgan fingerprint density at radius 3 is 2.79 bits per heavy atom. The lowest BCUT2D eigenvalue weighted by molar-refractivity contribution is 0.257. The molecule has 1 aromatic carbocycles. The van der Waals surface area contributed by atoms with E-state index < -0.39 is 0 Å². The third kappa shape index (κ3) is 2.36. The Bertz CT molecular complexity index is 511. The van der Waals surface area contributed by atoms with Gasteiger partial charge in [-0.05, 0) is 31.0 Å². The van der Waals surface area contributed by atoms with Crippen LogP contribution in [-0.2, 0) is 0 Å². The van der Waals surface area contributed by atoms with Gasteiger partial charge in [0.1, 0.15) is 5.82 Å². The topological polar surface area (TPSA) is 41.6 Å². The van der Waals surface area contributed by atoms with Crippen molar-refractivity contribution in [2.45, 2.75) is 37.8 Å². The molecule has 0 amide bonds. The molecule has 2 aliphatic rings. The molecule has 102 valence electrons. The zero-order valence-electron chi connectivity index (χ0n) is 10.6. The quantitative estimate of drug-likeness (QED) is 0.907. The van der Waals surface area contributed by atoms with Crippen molar-refractivity contribution < 1.29 is 4.39 Å². The summed E-state index contributed by atoms with van der Waals surface area (Å²) in [5, 5.41) is 0. The Morgan fingerprint density at radius 2 is 2.05 bits per heavy atom. The maximum absolute atomic E-state index is 14.1. The van der Waals surface area contributed by atoms with Gasteiger partial charge in [-0.25, -0.2) is 4.39 Å². The Balaban J connectivity index is 1.93. The van der Waals surface area contributed by atoms with Crippen LogP contribution in [0.25, 0.3) is 0 Å². The Morgan fingerprint density at radius 1 is 1.32 bits per heavy atom. The molecule has 1 aliphatic carbocycles. The molecule has 0 saturated heterocycles. The van der Waals surface area contributed by atoms with Crippen LogP contribution < -0.4 is 5.73 Å². The van der Waals surface area contributed by atoms with E-state index >= 15 is 0 Å². The molecule has 1 atom stereocenters. The van der Waals surface area contributed by atoms with Crippen LogP contribution in [0.1, 0.15) is 37.3 Å². The molecular weight excluding hydrogens is 309 g/mol. The zero-order chi connectivity index (χ0) is 13.4. The zero-order valence-corrected chi connectivity index (χ0v) is 12.2. The van der Waals surface area contributed by atoms with E-state index in [0.29, 0.717) is 24.1 Å². The van der Waals surface area contributed by atoms with Crippen molar-refractivity contribution in [2.75, 3.05) is 6.54 Å². The molecule has 0 radical (unpaired) electrons. The molecule has 1 aliphatic heterocycles. The lowest BCUT2D eigenvalue weighted by Crippen LogP contribution is -2.42. The number of hydrogen-bond acceptors (Lipinski definition) is 3. The van der Waals surface area contributed by atoms with Gasteiger partial charge in [0, 0.05) is 16.1 Å². The molecule has 19 heavy (non-hydrogen) atoms. The minimum absolute atomic E-state index is 0.0550. The van der Waals surface area contributed by atoms with Crippen molar-refractivity contribution >= 4 is 21.9 Å². The van der Waals surface area contributed by atoms with Crippen LogP contribution in [0.3, 0.4) is 0 Å². The van der Waals surface area contributed by atoms with Crippen LogP contribution in [-0.4, -0.2) is 23.4 Å². The fourth-order valence-corrected chi connectivity index (χ4v) is 3.53. The summed E-state index contributed by atoms with van der Waals surface area (Å²) in [6, 6.07) is 5.42. The predicted molar refractivity (Wildman–Crippen MR) is 77.4 cm³/mol. The lowest BCUT2D eigenvalue weighted by Gasteiger charge is -2.32. The van der Waals surface area contributed by atoms with E-state index in [1.807, 2.05) is 6.07 Å². The molecule has 1 heterocycles. The minimum atomic E-state index is -0.180. The number of guanidine groups is 1. The third-order valence-corrected chi connectivity index (χ3v) is 4.55. The van der Waals surface area contributed by atoms with Gasteiger partial charge in [-0.2, -0.15) is 0 Å². The number of aliphatic imine (C=N–C) groups is 1. The summed E-state index contributed by atoms with van der Waals surface area (Å²) in [7, 11) is 0. The molecule has 3 rings (SSSR count). The average molecular weight is 326 g/mol. The second-order valence-electron chi connectivity index (χ2n) is 5.23. The van der Waals surface area contributed by atoms with E-state index in [1.54, 1.807) is 6.07 Å². The van der Waals surface area contributed by atoms with Crippen LogP contribution in [0.15, 0.2) is 27.7 Å². The van der Waals surface area contributed by atoms with Crippen LogP contribution in [0.5, 0.6) is 0 Å². The maximum Gasteiger partial charge on any atom is 0.192 e. The summed E-state index contributed by atoms with van der Waals surface area (Å²) in [5.41, 5.74) is 6.70. The molecule has 1 unspecified atom stereocenters. The smallest absolute Gasteiger partial charge is 0.192 e. The van der Waals surface area contributed by atoms with E-state index in [1.165, 1.54) is 18.9 Å². The monoisotopic (exact) mass is 325 g/mol. The van der Waals surface area contributed by atoms with E-state index in [2.05, 4.69) is 25.8 Å². The fourth-order valence-electron chi connectivity index (χ4n) is 3.15. The van der Waals surface area contributed by atoms with Crippen molar-refractivity contribution in [3.63, 3.8) is 0 Å². The number of rotatable bonds is 2. The first-order valence-corrected chi connectivity index (χ1v) is 7.49. The average Bonchev–Trinajstić information content (AvgIpc) is 3.01. The van der Waals surface area contributed by atoms with Crippen LogP contribution in [0.2, 0.25) is 0 Å². The second-order valence-corrected chi connectivity index (χ2v) is 6.14. The lowest BCUT2D eigenvalue weighted by atomic mass is 10.0. The van der Waals surface area contributed by atoms with Gasteiger partial charge in [0.2, 0.25) is 0 Å². The summed E-state index contributed by atoms with van der Waals surface area (Å²) < 4.78 is 15.0. The summed E-state index contributed by atoms with van der Waals surface area (Å²) in [6.45, 7) is 0.551. The molecule has 3 nitrogen and oxygen atoms in total. The maximum atomic E-state index is 14.1. The first kappa shape index (κ1) is 12.9. The van der Waals surface area contributed by atoms with Crippen molar-refractivity contribution in [1.82, 2.24) is 4.90 Å². The molecule has 1 aromatic rings. The van der Waals surface area contributed by atoms with Crippen LogP contribution in [0.4, 0.5) is 4.39 Å². The van der Waals surface area contributed by atoms with Crippen molar-refractivity contribution in [3.8, 4) is 0 Å². The SMILES string of the molecule is NC1=NCC(c2cc(Br)ccc2F)N1C1CCCC1. The van der Waals surface area contributed by atoms with Crippen molar-refractivity contribution in [2.24, 2.45) is 10.7 Å². The van der Waals surface area contributed by atoms with Gasteiger partial charge in [-0.1, -0.05) is 28.8 Å². The molecule has 1 fully saturated rings. The van der Waals surface area contributed by atoms with Crippen LogP contribution in [0, 0.1) is 5.82 Å². The summed E-state index contributed by atoms with van der Waals surface area (Å²) in [6.07, 6.45) is 4.70. The number of nitrogens with two attached hydrogens (primary N) is 1. The van der Waals surface area contributed by atoms with E-state index in [9.17, 15) is 4.39 Å². The number of nitrogens with zero attached hydrogens (tertiary/aromatic N) is 2. The van der Waals surface area contributed by atoms with Gasteiger partial charge in [0.05, 0.1) is 12.6 Å². The highest BCUT2D eigenvalue weighted by Crippen LogP contribution is 2.35. The number of halogens is 2. The molecule has 0 bridgehead atoms. The highest BCUT2D eigenvalue weighted by molar-refractivity contribution is 9.10. The van der Waals surface area contributed by atoms with Crippen molar-refractivity contribution in [3.05, 3.63) is 34.1 Å². The molecular formula is C14H17BrFN3. The standard InChI is InChI=1S/C14H17BrFN3/c15-9-5-6-12(16)11(7-9)13-8-18-14(17)19(13)10-3-1-2-4-10/h5-7,10,13H,1-4,8H2,(H2,17,18). The van der Waals surface area contributed by atoms with Gasteiger partial charge in [0.25, 0.3) is 0 Å². The van der Waals surface area contributed by atoms with E-state index in [-0.39, 0.29) is 11.9 Å². The largest absolute Gasteiger partial charge is 0.370 e. The highest BCUT2D eigenvalue weighted by atomic mass is 79.9. The van der Waals surface area contributed by atoms with E-state index in [4.69, 9.17) is 5.73 Å². The van der Waals surface area contributed by atoms with E-state index in [0.717, 1.165) is 17.3 Å². The number of benzene rings is 1. The van der Waals surface area contributed by atoms with Gasteiger partial charge < -0.3 is 10.6 Å². The summed E-state index contributed by atoms with van der Waals surface area (Å²) in [4.78, 5) is 6.45. The summed E-state index contributed by atoms with van der Waals surface area (Å²) in [5.74, 6) is 0.386. The molecule has 5 heteroatoms. The third-order valence-electron chi connectivity index (χ3n) is 4.06. The molecule has 0 aromatic heterocycles. The highest BCUT2D eigenvalue weighted by Gasteiger charge is 2.35. The molecule has 0 spiro atoms. The van der Waals surface area contributed by atoms with Crippen LogP contribution >= 0.6 is 15.9 Å². The van der Waals surface area contributed by atoms with Gasteiger partial charge >= 0.3 is 0 Å². The molecule has 1 saturated carbocycles. The van der Waals surface area contributed by atoms with Gasteiger partial charge in [0.15, 0.2) is 5.96 Å². The molecule has 2 N–H and O–H groups in total. The summed E-state index contributed by atoms with van der Waals surface area (Å²) >= 11 is 3.41. The van der Waals surface area contributed by atoms with Gasteiger partial charge in [-0.3, -0.25) is 4.99 Å². The van der Waals surface area contributed by atoms with Crippen molar-refractivity contribution in [1.29, 1.82) is 0 Å².